The van der Waals surface area contributed by atoms with Gasteiger partial charge in [0.05, 0.1) is 11.3 Å². The monoisotopic (exact) mass is 359 g/mol. The summed E-state index contributed by atoms with van der Waals surface area (Å²) in [5, 5.41) is 4.76. The molecular weight excluding hydrogens is 334 g/mol. The number of nitrogens with zero attached hydrogens (tertiary/aromatic N) is 3. The van der Waals surface area contributed by atoms with Crippen molar-refractivity contribution in [3.63, 3.8) is 0 Å². The van der Waals surface area contributed by atoms with Crippen LogP contribution in [0.25, 0.3) is 0 Å². The second-order valence-electron chi connectivity index (χ2n) is 6.90. The minimum Gasteiger partial charge on any atom is -0.361 e. The first-order valence-electron chi connectivity index (χ1n) is 8.81. The number of aryl methyl sites for hydroxylation is 1. The van der Waals surface area contributed by atoms with Crippen LogP contribution < -0.4 is 0 Å². The van der Waals surface area contributed by atoms with E-state index in [2.05, 4.69) is 17.1 Å². The predicted octanol–water partition coefficient (Wildman–Crippen LogP) is 4.32. The molecule has 0 bridgehead atoms. The van der Waals surface area contributed by atoms with E-state index in [-0.39, 0.29) is 5.91 Å². The normalized spacial score (nSPS) is 20.4. The van der Waals surface area contributed by atoms with Gasteiger partial charge in [-0.3, -0.25) is 4.79 Å². The maximum absolute atomic E-state index is 13.0. The molecule has 5 nitrogen and oxygen atoms in total. The van der Waals surface area contributed by atoms with Crippen LogP contribution in [0.3, 0.4) is 0 Å². The van der Waals surface area contributed by atoms with Crippen molar-refractivity contribution in [2.75, 3.05) is 7.05 Å². The zero-order chi connectivity index (χ0) is 17.8. The van der Waals surface area contributed by atoms with Gasteiger partial charge < -0.3 is 9.42 Å². The molecule has 0 N–H and O–H groups in total. The van der Waals surface area contributed by atoms with E-state index < -0.39 is 0 Å². The number of thioether (sulfide) groups is 1. The van der Waals surface area contributed by atoms with Crippen molar-refractivity contribution in [1.29, 1.82) is 0 Å². The van der Waals surface area contributed by atoms with E-state index in [1.807, 2.05) is 37.1 Å². The highest BCUT2D eigenvalue weighted by molar-refractivity contribution is 7.98. The van der Waals surface area contributed by atoms with E-state index in [4.69, 9.17) is 4.52 Å². The quantitative estimate of drug-likeness (QED) is 0.744. The van der Waals surface area contributed by atoms with Crippen LogP contribution in [0.5, 0.6) is 0 Å². The van der Waals surface area contributed by atoms with Gasteiger partial charge in [0.15, 0.2) is 0 Å². The number of amides is 1. The molecule has 1 saturated carbocycles. The lowest BCUT2D eigenvalue weighted by Gasteiger charge is -2.33. The first-order chi connectivity index (χ1) is 12.0. The van der Waals surface area contributed by atoms with Crippen LogP contribution in [0.2, 0.25) is 0 Å². The third-order valence-corrected chi connectivity index (χ3v) is 5.93. The average Bonchev–Trinajstić information content (AvgIpc) is 3.05. The van der Waals surface area contributed by atoms with Crippen LogP contribution in [-0.4, -0.2) is 34.0 Å². The van der Waals surface area contributed by atoms with Gasteiger partial charge >= 0.3 is 0 Å². The van der Waals surface area contributed by atoms with E-state index in [1.165, 1.54) is 24.6 Å². The minimum atomic E-state index is 0.0616. The Labute approximate surface area is 153 Å². The van der Waals surface area contributed by atoms with Gasteiger partial charge in [0.2, 0.25) is 0 Å². The maximum atomic E-state index is 13.0. The van der Waals surface area contributed by atoms with Crippen LogP contribution in [0.4, 0.5) is 0 Å². The molecule has 1 fully saturated rings. The van der Waals surface area contributed by atoms with Crippen molar-refractivity contribution in [2.45, 2.75) is 56.4 Å². The summed E-state index contributed by atoms with van der Waals surface area (Å²) in [6.07, 6.45) is 6.30. The molecular formula is C19H25N3O2S. The van der Waals surface area contributed by atoms with Crippen LogP contribution in [-0.2, 0) is 5.75 Å². The van der Waals surface area contributed by atoms with Crippen LogP contribution in [0, 0.1) is 12.8 Å². The van der Waals surface area contributed by atoms with Crippen molar-refractivity contribution in [3.05, 3.63) is 41.4 Å². The van der Waals surface area contributed by atoms with Crippen molar-refractivity contribution in [3.8, 4) is 0 Å². The molecule has 2 aromatic heterocycles. The standard InChI is InChI=1S/C19H25N3O2S/c1-13-6-8-16(9-7-13)22(3)19(23)17-5-4-10-20-18(17)25-12-15-11-14(2)24-21-15/h4-5,10-11,13,16H,6-9,12H2,1-3H3. The number of hydrogen-bond acceptors (Lipinski definition) is 5. The third-order valence-electron chi connectivity index (χ3n) is 4.89. The van der Waals surface area contributed by atoms with Gasteiger partial charge in [0.25, 0.3) is 5.91 Å². The first kappa shape index (κ1) is 18.0. The summed E-state index contributed by atoms with van der Waals surface area (Å²) < 4.78 is 5.10. The van der Waals surface area contributed by atoms with Crippen molar-refractivity contribution in [1.82, 2.24) is 15.0 Å². The summed E-state index contributed by atoms with van der Waals surface area (Å²) in [5.74, 6) is 2.26. The summed E-state index contributed by atoms with van der Waals surface area (Å²) >= 11 is 1.53. The van der Waals surface area contributed by atoms with E-state index in [9.17, 15) is 4.79 Å². The number of carbonyl (C=O) groups excluding carboxylic acids is 1. The molecule has 134 valence electrons. The van der Waals surface area contributed by atoms with E-state index >= 15 is 0 Å². The smallest absolute Gasteiger partial charge is 0.256 e. The second kappa shape index (κ2) is 8.04. The third kappa shape index (κ3) is 4.42. The van der Waals surface area contributed by atoms with Gasteiger partial charge in [0.1, 0.15) is 10.8 Å². The van der Waals surface area contributed by atoms with Crippen LogP contribution in [0.1, 0.15) is 54.4 Å². The Bertz CT molecular complexity index is 723. The fraction of sp³-hybridized carbons (Fsp3) is 0.526. The Balaban J connectivity index is 1.69. The van der Waals surface area contributed by atoms with E-state index in [0.29, 0.717) is 17.4 Å². The van der Waals surface area contributed by atoms with Crippen molar-refractivity contribution in [2.24, 2.45) is 5.92 Å². The summed E-state index contributed by atoms with van der Waals surface area (Å²) in [7, 11) is 1.92. The zero-order valence-electron chi connectivity index (χ0n) is 15.1. The summed E-state index contributed by atoms with van der Waals surface area (Å²) in [5.41, 5.74) is 1.54. The molecule has 0 aliphatic heterocycles. The van der Waals surface area contributed by atoms with Gasteiger partial charge in [-0.2, -0.15) is 0 Å². The fourth-order valence-corrected chi connectivity index (χ4v) is 4.15. The molecule has 1 aliphatic rings. The molecule has 0 aromatic carbocycles. The maximum Gasteiger partial charge on any atom is 0.256 e. The molecule has 0 atom stereocenters. The number of hydrogen-bond donors (Lipinski definition) is 0. The molecule has 2 aromatic rings. The topological polar surface area (TPSA) is 59.2 Å². The SMILES string of the molecule is Cc1cc(CSc2ncccc2C(=O)N(C)C2CCC(C)CC2)no1. The van der Waals surface area contributed by atoms with Gasteiger partial charge in [-0.05, 0) is 50.7 Å². The highest BCUT2D eigenvalue weighted by atomic mass is 32.2. The lowest BCUT2D eigenvalue weighted by atomic mass is 9.86. The Kier molecular flexibility index (Phi) is 5.78. The number of carbonyl (C=O) groups is 1. The Morgan fingerprint density at radius 2 is 2.12 bits per heavy atom. The van der Waals surface area contributed by atoms with Gasteiger partial charge in [-0.25, -0.2) is 4.98 Å². The molecule has 0 unspecified atom stereocenters. The van der Waals surface area contributed by atoms with Crippen LogP contribution in [0.15, 0.2) is 33.9 Å². The Hall–Kier alpha value is -1.82. The molecule has 6 heteroatoms. The number of pyridine rings is 1. The minimum absolute atomic E-state index is 0.0616. The average molecular weight is 359 g/mol. The van der Waals surface area contributed by atoms with Crippen LogP contribution >= 0.6 is 11.8 Å². The van der Waals surface area contributed by atoms with E-state index in [1.54, 1.807) is 6.20 Å². The van der Waals surface area contributed by atoms with E-state index in [0.717, 1.165) is 35.2 Å². The molecule has 0 radical (unpaired) electrons. The largest absolute Gasteiger partial charge is 0.361 e. The molecule has 1 aliphatic carbocycles. The molecule has 0 spiro atoms. The van der Waals surface area contributed by atoms with Gasteiger partial charge in [-0.1, -0.05) is 23.8 Å². The Morgan fingerprint density at radius 1 is 1.36 bits per heavy atom. The highest BCUT2D eigenvalue weighted by Gasteiger charge is 2.27. The number of rotatable bonds is 5. The fourth-order valence-electron chi connectivity index (χ4n) is 3.28. The lowest BCUT2D eigenvalue weighted by molar-refractivity contribution is 0.0675. The molecule has 0 saturated heterocycles. The first-order valence-corrected chi connectivity index (χ1v) is 9.80. The summed E-state index contributed by atoms with van der Waals surface area (Å²) in [6, 6.07) is 5.94. The van der Waals surface area contributed by atoms with Crippen molar-refractivity contribution >= 4 is 17.7 Å². The van der Waals surface area contributed by atoms with Crippen molar-refractivity contribution < 1.29 is 9.32 Å². The second-order valence-corrected chi connectivity index (χ2v) is 7.87. The van der Waals surface area contributed by atoms with Gasteiger partial charge in [-0.15, -0.1) is 0 Å². The van der Waals surface area contributed by atoms with Gasteiger partial charge in [0, 0.05) is 31.1 Å². The molecule has 3 rings (SSSR count). The zero-order valence-corrected chi connectivity index (χ0v) is 15.9. The number of aromatic nitrogens is 2. The predicted molar refractivity (Wildman–Crippen MR) is 98.6 cm³/mol. The summed E-state index contributed by atoms with van der Waals surface area (Å²) in [4.78, 5) is 19.3. The highest BCUT2D eigenvalue weighted by Crippen LogP contribution is 2.29. The molecule has 2 heterocycles. The molecule has 25 heavy (non-hydrogen) atoms. The Morgan fingerprint density at radius 3 is 2.80 bits per heavy atom. The summed E-state index contributed by atoms with van der Waals surface area (Å²) in [6.45, 7) is 4.16. The molecule has 1 amide bonds. The lowest BCUT2D eigenvalue weighted by Crippen LogP contribution is -2.39.